The van der Waals surface area contributed by atoms with Crippen molar-refractivity contribution >= 4 is 0 Å². The predicted molar refractivity (Wildman–Crippen MR) is 50.5 cm³/mol. The Kier molecular flexibility index (Phi) is 8.88. The van der Waals surface area contributed by atoms with Crippen molar-refractivity contribution in [2.75, 3.05) is 33.9 Å². The summed E-state index contributed by atoms with van der Waals surface area (Å²) in [5.74, 6) is 0. The number of methoxy groups -OCH3 is 1. The first-order chi connectivity index (χ1) is 5.85. The van der Waals surface area contributed by atoms with Crippen molar-refractivity contribution in [1.82, 2.24) is 5.32 Å². The number of rotatable bonds is 8. The summed E-state index contributed by atoms with van der Waals surface area (Å²) in [6, 6.07) is 0. The molecular weight excluding hydrogens is 154 g/mol. The molecule has 0 spiro atoms. The van der Waals surface area contributed by atoms with Crippen molar-refractivity contribution in [3.05, 3.63) is 0 Å². The van der Waals surface area contributed by atoms with E-state index in [2.05, 4.69) is 12.2 Å². The quantitative estimate of drug-likeness (QED) is 0.559. The largest absolute Gasteiger partial charge is 0.382 e. The second-order valence-corrected chi connectivity index (χ2v) is 2.83. The van der Waals surface area contributed by atoms with Gasteiger partial charge in [-0.15, -0.1) is 0 Å². The average Bonchev–Trinajstić information content (AvgIpc) is 2.06. The molecule has 0 aliphatic heterocycles. The molecular formula is C9H21NO2. The van der Waals surface area contributed by atoms with Crippen molar-refractivity contribution in [2.24, 2.45) is 0 Å². The number of likely N-dealkylation sites (N-methyl/N-ethyl adjacent to an activating group) is 1. The zero-order valence-corrected chi connectivity index (χ0v) is 8.43. The first-order valence-electron chi connectivity index (χ1n) is 4.60. The van der Waals surface area contributed by atoms with E-state index >= 15 is 0 Å². The fourth-order valence-electron chi connectivity index (χ4n) is 1.09. The first kappa shape index (κ1) is 11.9. The molecule has 1 atom stereocenters. The predicted octanol–water partition coefficient (Wildman–Crippen LogP) is 1.04. The van der Waals surface area contributed by atoms with Gasteiger partial charge in [-0.1, -0.05) is 13.3 Å². The molecule has 0 amide bonds. The third kappa shape index (κ3) is 6.58. The van der Waals surface area contributed by atoms with Crippen LogP contribution in [0.25, 0.3) is 0 Å². The van der Waals surface area contributed by atoms with Crippen LogP contribution in [0, 0.1) is 0 Å². The maximum atomic E-state index is 5.58. The van der Waals surface area contributed by atoms with E-state index in [0.717, 1.165) is 13.0 Å². The lowest BCUT2D eigenvalue weighted by molar-refractivity contribution is 0.0143. The Bertz CT molecular complexity index is 82.6. The maximum Gasteiger partial charge on any atom is 0.0704 e. The first-order valence-corrected chi connectivity index (χ1v) is 4.60. The van der Waals surface area contributed by atoms with E-state index < -0.39 is 0 Å². The maximum absolute atomic E-state index is 5.58. The van der Waals surface area contributed by atoms with Crippen LogP contribution >= 0.6 is 0 Å². The van der Waals surface area contributed by atoms with Crippen molar-refractivity contribution in [2.45, 2.75) is 25.9 Å². The molecule has 74 valence electrons. The molecule has 0 aromatic heterocycles. The number of hydrogen-bond donors (Lipinski definition) is 1. The molecule has 0 bridgehead atoms. The zero-order valence-electron chi connectivity index (χ0n) is 8.43. The third-order valence-electron chi connectivity index (χ3n) is 1.68. The van der Waals surface area contributed by atoms with Gasteiger partial charge in [-0.25, -0.2) is 0 Å². The van der Waals surface area contributed by atoms with E-state index in [9.17, 15) is 0 Å². The van der Waals surface area contributed by atoms with Crippen LogP contribution in [0.2, 0.25) is 0 Å². The summed E-state index contributed by atoms with van der Waals surface area (Å²) in [7, 11) is 3.64. The van der Waals surface area contributed by atoms with Gasteiger partial charge in [-0.05, 0) is 13.5 Å². The van der Waals surface area contributed by atoms with Crippen LogP contribution in [0.1, 0.15) is 19.8 Å². The van der Waals surface area contributed by atoms with Crippen molar-refractivity contribution in [3.8, 4) is 0 Å². The summed E-state index contributed by atoms with van der Waals surface area (Å²) < 4.78 is 10.5. The highest BCUT2D eigenvalue weighted by molar-refractivity contribution is 4.58. The van der Waals surface area contributed by atoms with Gasteiger partial charge in [0.2, 0.25) is 0 Å². The normalized spacial score (nSPS) is 13.2. The van der Waals surface area contributed by atoms with E-state index in [-0.39, 0.29) is 0 Å². The molecule has 3 heteroatoms. The molecule has 0 rings (SSSR count). The van der Waals surface area contributed by atoms with E-state index in [1.165, 1.54) is 6.42 Å². The van der Waals surface area contributed by atoms with Crippen LogP contribution in [-0.2, 0) is 9.47 Å². The molecule has 0 aromatic carbocycles. The summed E-state index contributed by atoms with van der Waals surface area (Å²) in [4.78, 5) is 0. The van der Waals surface area contributed by atoms with E-state index in [1.54, 1.807) is 7.11 Å². The molecule has 3 nitrogen and oxygen atoms in total. The Balaban J connectivity index is 3.34. The molecule has 0 aliphatic rings. The minimum Gasteiger partial charge on any atom is -0.382 e. The standard InChI is InChI=1S/C9H21NO2/c1-4-5-9(8-10-2)12-7-6-11-3/h9-10H,4-8H2,1-3H3. The molecule has 0 saturated carbocycles. The molecule has 1 unspecified atom stereocenters. The Morgan fingerprint density at radius 1 is 1.33 bits per heavy atom. The minimum absolute atomic E-state index is 0.343. The monoisotopic (exact) mass is 175 g/mol. The molecule has 0 fully saturated rings. The van der Waals surface area contributed by atoms with Crippen LogP contribution in [-0.4, -0.2) is 40.0 Å². The third-order valence-corrected chi connectivity index (χ3v) is 1.68. The van der Waals surface area contributed by atoms with Crippen molar-refractivity contribution in [3.63, 3.8) is 0 Å². The molecule has 12 heavy (non-hydrogen) atoms. The summed E-state index contributed by atoms with van der Waals surface area (Å²) in [6.07, 6.45) is 2.62. The zero-order chi connectivity index (χ0) is 9.23. The lowest BCUT2D eigenvalue weighted by atomic mass is 10.2. The van der Waals surface area contributed by atoms with Gasteiger partial charge in [0, 0.05) is 13.7 Å². The fraction of sp³-hybridized carbons (Fsp3) is 1.00. The smallest absolute Gasteiger partial charge is 0.0704 e. The van der Waals surface area contributed by atoms with Gasteiger partial charge in [-0.2, -0.15) is 0 Å². The summed E-state index contributed by atoms with van der Waals surface area (Å²) in [6.45, 7) is 4.48. The number of ether oxygens (including phenoxy) is 2. The van der Waals surface area contributed by atoms with Crippen LogP contribution in [0.4, 0.5) is 0 Å². The summed E-state index contributed by atoms with van der Waals surface area (Å²) in [5.41, 5.74) is 0. The van der Waals surface area contributed by atoms with Crippen LogP contribution < -0.4 is 5.32 Å². The summed E-state index contributed by atoms with van der Waals surface area (Å²) in [5, 5.41) is 3.11. The minimum atomic E-state index is 0.343. The Morgan fingerprint density at radius 3 is 2.58 bits per heavy atom. The van der Waals surface area contributed by atoms with Gasteiger partial charge in [-0.3, -0.25) is 0 Å². The Hall–Kier alpha value is -0.120. The second kappa shape index (κ2) is 8.97. The lowest BCUT2D eigenvalue weighted by Crippen LogP contribution is -2.27. The Morgan fingerprint density at radius 2 is 2.08 bits per heavy atom. The molecule has 0 aromatic rings. The van der Waals surface area contributed by atoms with Crippen molar-refractivity contribution < 1.29 is 9.47 Å². The number of hydrogen-bond acceptors (Lipinski definition) is 3. The van der Waals surface area contributed by atoms with E-state index in [4.69, 9.17) is 9.47 Å². The second-order valence-electron chi connectivity index (χ2n) is 2.83. The SMILES string of the molecule is CCCC(CNC)OCCOC. The van der Waals surface area contributed by atoms with Crippen LogP contribution in [0.15, 0.2) is 0 Å². The fourth-order valence-corrected chi connectivity index (χ4v) is 1.09. The molecule has 1 N–H and O–H groups in total. The molecule has 0 radical (unpaired) electrons. The summed E-state index contributed by atoms with van der Waals surface area (Å²) >= 11 is 0. The van der Waals surface area contributed by atoms with Crippen LogP contribution in [0.5, 0.6) is 0 Å². The Labute approximate surface area is 75.4 Å². The topological polar surface area (TPSA) is 30.5 Å². The lowest BCUT2D eigenvalue weighted by Gasteiger charge is -2.16. The van der Waals surface area contributed by atoms with Gasteiger partial charge in [0.05, 0.1) is 19.3 Å². The van der Waals surface area contributed by atoms with Gasteiger partial charge >= 0.3 is 0 Å². The number of nitrogens with one attached hydrogen (secondary N) is 1. The van der Waals surface area contributed by atoms with Gasteiger partial charge in [0.15, 0.2) is 0 Å². The van der Waals surface area contributed by atoms with Gasteiger partial charge in [0.25, 0.3) is 0 Å². The van der Waals surface area contributed by atoms with Gasteiger partial charge in [0.1, 0.15) is 0 Å². The molecule has 0 heterocycles. The average molecular weight is 175 g/mol. The van der Waals surface area contributed by atoms with Crippen LogP contribution in [0.3, 0.4) is 0 Å². The molecule has 0 aliphatic carbocycles. The highest BCUT2D eigenvalue weighted by Crippen LogP contribution is 2.00. The molecule has 0 saturated heterocycles. The van der Waals surface area contributed by atoms with E-state index in [0.29, 0.717) is 19.3 Å². The van der Waals surface area contributed by atoms with Crippen molar-refractivity contribution in [1.29, 1.82) is 0 Å². The van der Waals surface area contributed by atoms with E-state index in [1.807, 2.05) is 7.05 Å². The van der Waals surface area contributed by atoms with Gasteiger partial charge < -0.3 is 14.8 Å². The highest BCUT2D eigenvalue weighted by atomic mass is 16.5. The highest BCUT2D eigenvalue weighted by Gasteiger charge is 2.05.